The van der Waals surface area contributed by atoms with Gasteiger partial charge in [0.1, 0.15) is 15.8 Å². The van der Waals surface area contributed by atoms with Crippen molar-refractivity contribution < 1.29 is 32.6 Å². The monoisotopic (exact) mass is 634 g/mol. The predicted octanol–water partition coefficient (Wildman–Crippen LogP) is 6.81. The van der Waals surface area contributed by atoms with E-state index in [0.29, 0.717) is 20.7 Å². The molecule has 0 fully saturated rings. The van der Waals surface area contributed by atoms with Gasteiger partial charge in [0.25, 0.3) is 5.91 Å². The molecule has 3 atom stereocenters. The number of ether oxygens (including phenoxy) is 1. The number of thiophene rings is 1. The Morgan fingerprint density at radius 3 is 2.61 bits per heavy atom. The molecule has 1 amide bonds. The number of fused-ring (bicyclic) bond motifs is 1. The highest BCUT2D eigenvalue weighted by Gasteiger charge is 2.48. The van der Waals surface area contributed by atoms with E-state index in [9.17, 15) is 27.9 Å². The second-order valence-electron chi connectivity index (χ2n) is 8.64. The van der Waals surface area contributed by atoms with Crippen molar-refractivity contribution in [3.8, 4) is 0 Å². The lowest BCUT2D eigenvalue weighted by molar-refractivity contribution is -0.173. The number of aliphatic hydroxyl groups excluding tert-OH is 1. The summed E-state index contributed by atoms with van der Waals surface area (Å²) in [5.74, 6) is -1.77. The maximum atomic E-state index is 14.1. The molecular weight excluding hydrogens is 613 g/mol. The first kappa shape index (κ1) is 28.4. The number of nitrogens with zero attached hydrogens (tertiary/aromatic N) is 2. The van der Waals surface area contributed by atoms with Crippen molar-refractivity contribution in [3.05, 3.63) is 61.0 Å². The van der Waals surface area contributed by atoms with Gasteiger partial charge in [-0.1, -0.05) is 39.7 Å². The number of alkyl halides is 3. The van der Waals surface area contributed by atoms with Crippen LogP contribution in [0.3, 0.4) is 0 Å². The number of anilines is 2. The van der Waals surface area contributed by atoms with Gasteiger partial charge in [0, 0.05) is 15.8 Å². The molecule has 3 N–H and O–H groups in total. The van der Waals surface area contributed by atoms with Crippen molar-refractivity contribution >= 4 is 61.6 Å². The van der Waals surface area contributed by atoms with Crippen molar-refractivity contribution in [3.63, 3.8) is 0 Å². The zero-order chi connectivity index (χ0) is 27.9. The van der Waals surface area contributed by atoms with E-state index in [-0.39, 0.29) is 34.4 Å². The van der Waals surface area contributed by atoms with Crippen molar-refractivity contribution in [2.24, 2.45) is 0 Å². The molecule has 1 aliphatic rings. The van der Waals surface area contributed by atoms with Gasteiger partial charge in [0.2, 0.25) is 0 Å². The molecule has 0 spiro atoms. The number of esters is 1. The van der Waals surface area contributed by atoms with Gasteiger partial charge in [-0.2, -0.15) is 18.3 Å². The minimum absolute atomic E-state index is 0.0443. The average molecular weight is 636 g/mol. The van der Waals surface area contributed by atoms with Crippen molar-refractivity contribution in [2.75, 3.05) is 17.2 Å². The van der Waals surface area contributed by atoms with Crippen molar-refractivity contribution in [1.82, 2.24) is 9.78 Å². The fourth-order valence-corrected chi connectivity index (χ4v) is 5.93. The normalized spacial score (nSPS) is 17.9. The minimum atomic E-state index is -4.67. The molecule has 1 aliphatic heterocycles. The van der Waals surface area contributed by atoms with Crippen molar-refractivity contribution in [2.45, 2.75) is 51.6 Å². The lowest BCUT2D eigenvalue weighted by Gasteiger charge is -2.33. The fraction of sp³-hybridized carbons (Fsp3) is 0.375. The third kappa shape index (κ3) is 5.42. The molecule has 3 heterocycles. The number of halogens is 5. The first-order chi connectivity index (χ1) is 17.8. The summed E-state index contributed by atoms with van der Waals surface area (Å²) in [5, 5.41) is 19.3. The molecule has 0 saturated carbocycles. The van der Waals surface area contributed by atoms with E-state index in [2.05, 4.69) is 31.7 Å². The Bertz CT molecular complexity index is 1370. The van der Waals surface area contributed by atoms with Crippen LogP contribution in [0, 0.1) is 6.92 Å². The quantitative estimate of drug-likeness (QED) is 0.257. The third-order valence-corrected chi connectivity index (χ3v) is 8.32. The van der Waals surface area contributed by atoms with Crippen LogP contribution in [-0.2, 0) is 4.74 Å². The topological polar surface area (TPSA) is 105 Å². The molecule has 204 valence electrons. The molecule has 0 unspecified atom stereocenters. The molecule has 4 rings (SSSR count). The molecule has 1 aromatic carbocycles. The van der Waals surface area contributed by atoms with Crippen LogP contribution in [-0.4, -0.2) is 39.5 Å². The summed E-state index contributed by atoms with van der Waals surface area (Å²) >= 11 is 10.7. The van der Waals surface area contributed by atoms with Gasteiger partial charge in [0.15, 0.2) is 11.7 Å². The van der Waals surface area contributed by atoms with E-state index < -0.39 is 41.9 Å². The zero-order valence-corrected chi connectivity index (χ0v) is 23.5. The van der Waals surface area contributed by atoms with Crippen LogP contribution in [0.5, 0.6) is 0 Å². The van der Waals surface area contributed by atoms with E-state index in [1.807, 2.05) is 0 Å². The van der Waals surface area contributed by atoms with E-state index in [1.54, 1.807) is 38.1 Å². The number of aliphatic hydroxyl groups is 1. The molecule has 2 aromatic heterocycles. The summed E-state index contributed by atoms with van der Waals surface area (Å²) in [6.45, 7) is 4.80. The summed E-state index contributed by atoms with van der Waals surface area (Å²) in [4.78, 5) is 26.2. The Kier molecular flexibility index (Phi) is 8.12. The van der Waals surface area contributed by atoms with Crippen molar-refractivity contribution in [1.29, 1.82) is 0 Å². The van der Waals surface area contributed by atoms with Crippen LogP contribution in [0.15, 0.2) is 28.7 Å². The number of amides is 1. The second kappa shape index (κ2) is 10.9. The fourth-order valence-electron chi connectivity index (χ4n) is 4.28. The maximum absolute atomic E-state index is 14.1. The summed E-state index contributed by atoms with van der Waals surface area (Å²) in [6, 6.07) is 4.05. The molecule has 0 bridgehead atoms. The van der Waals surface area contributed by atoms with Gasteiger partial charge >= 0.3 is 12.1 Å². The standard InChI is InChI=1S/C24H23BrClF3N4O4S/c1-4-37-23(36)16-10(2)19(11(3)34)38-22(16)31-21(35)18-17(26)20-30-14(12-5-7-13(25)8-6-12)9-15(24(27,28)29)33(20)32-18/h5-8,11,14-15,30,34H,4,9H2,1-3H3,(H,31,35)/t11-,14+,15-/m1/s1. The first-order valence-electron chi connectivity index (χ1n) is 11.5. The number of carbonyl (C=O) groups is 2. The number of aromatic nitrogens is 2. The van der Waals surface area contributed by atoms with E-state index in [0.717, 1.165) is 15.8 Å². The number of nitrogens with one attached hydrogen (secondary N) is 2. The predicted molar refractivity (Wildman–Crippen MR) is 141 cm³/mol. The highest BCUT2D eigenvalue weighted by molar-refractivity contribution is 9.10. The number of benzene rings is 1. The van der Waals surface area contributed by atoms with Crippen LogP contribution in [0.4, 0.5) is 24.0 Å². The number of carbonyl (C=O) groups excluding carboxylic acids is 2. The Balaban J connectivity index is 1.72. The molecule has 0 saturated heterocycles. The summed E-state index contributed by atoms with van der Waals surface area (Å²) in [7, 11) is 0. The van der Waals surface area contributed by atoms with Gasteiger partial charge < -0.3 is 20.5 Å². The zero-order valence-electron chi connectivity index (χ0n) is 20.3. The molecule has 14 heteroatoms. The Hall–Kier alpha value is -2.61. The second-order valence-corrected chi connectivity index (χ2v) is 11.0. The minimum Gasteiger partial charge on any atom is -0.462 e. The number of hydrogen-bond donors (Lipinski definition) is 3. The van der Waals surface area contributed by atoms with E-state index in [1.165, 1.54) is 6.92 Å². The highest BCUT2D eigenvalue weighted by atomic mass is 79.9. The Morgan fingerprint density at radius 2 is 2.03 bits per heavy atom. The van der Waals surface area contributed by atoms with Gasteiger partial charge in [0.05, 0.1) is 24.3 Å². The van der Waals surface area contributed by atoms with Crippen LogP contribution in [0.1, 0.15) is 75.3 Å². The van der Waals surface area contributed by atoms with Crippen LogP contribution < -0.4 is 10.6 Å². The van der Waals surface area contributed by atoms with Crippen LogP contribution in [0.2, 0.25) is 5.02 Å². The van der Waals surface area contributed by atoms with E-state index in [4.69, 9.17) is 16.3 Å². The van der Waals surface area contributed by atoms with Gasteiger partial charge in [-0.05, 0) is 44.0 Å². The molecule has 38 heavy (non-hydrogen) atoms. The smallest absolute Gasteiger partial charge is 0.410 e. The van der Waals surface area contributed by atoms with Crippen LogP contribution in [0.25, 0.3) is 0 Å². The third-order valence-electron chi connectivity index (χ3n) is 6.05. The van der Waals surface area contributed by atoms with Gasteiger partial charge in [-0.3, -0.25) is 4.79 Å². The largest absolute Gasteiger partial charge is 0.462 e. The van der Waals surface area contributed by atoms with Gasteiger partial charge in [-0.15, -0.1) is 11.3 Å². The van der Waals surface area contributed by atoms with Gasteiger partial charge in [-0.25, -0.2) is 9.48 Å². The Labute approximate surface area is 233 Å². The lowest BCUT2D eigenvalue weighted by atomic mass is 9.97. The first-order valence-corrected chi connectivity index (χ1v) is 13.5. The number of hydrogen-bond acceptors (Lipinski definition) is 7. The SMILES string of the molecule is CCOC(=O)c1c(NC(=O)c2nn3c(c2Cl)N[C@H](c2ccc(Br)cc2)C[C@@H]3C(F)(F)F)sc([C@@H](C)O)c1C. The van der Waals surface area contributed by atoms with Crippen LogP contribution >= 0.6 is 38.9 Å². The lowest BCUT2D eigenvalue weighted by Crippen LogP contribution is -2.35. The molecule has 0 radical (unpaired) electrons. The summed E-state index contributed by atoms with van der Waals surface area (Å²) in [5.41, 5.74) is 0.628. The van der Waals surface area contributed by atoms with E-state index >= 15 is 0 Å². The summed E-state index contributed by atoms with van der Waals surface area (Å²) < 4.78 is 48.8. The molecule has 8 nitrogen and oxygen atoms in total. The molecule has 3 aromatic rings. The highest BCUT2D eigenvalue weighted by Crippen LogP contribution is 2.46. The average Bonchev–Trinajstić information content (AvgIpc) is 3.35. The summed E-state index contributed by atoms with van der Waals surface area (Å²) in [6.07, 6.45) is -5.97. The number of rotatable bonds is 6. The maximum Gasteiger partial charge on any atom is 0.410 e. The molecular formula is C24H23BrClF3N4O4S. The Morgan fingerprint density at radius 1 is 1.37 bits per heavy atom. The molecule has 0 aliphatic carbocycles.